The zero-order valence-corrected chi connectivity index (χ0v) is 18.8. The van der Waals surface area contributed by atoms with Gasteiger partial charge in [0.1, 0.15) is 0 Å². The Kier molecular flexibility index (Phi) is 11.5. The minimum Gasteiger partial charge on any atom is -0.789 e. The summed E-state index contributed by atoms with van der Waals surface area (Å²) in [5, 5.41) is 3.11. The molecule has 2 aromatic rings. The number of aryl methyl sites for hydroxylation is 4. The Labute approximate surface area is 184 Å². The van der Waals surface area contributed by atoms with E-state index in [1.165, 1.54) is 22.3 Å². The van der Waals surface area contributed by atoms with Crippen LogP contribution in [0.4, 0.5) is 0 Å². The van der Waals surface area contributed by atoms with Gasteiger partial charge in [0.2, 0.25) is 0 Å². The molecule has 138 valence electrons. The Balaban J connectivity index is 0.000000443. The van der Waals surface area contributed by atoms with Gasteiger partial charge in [-0.05, 0) is 49.9 Å². The molecule has 5 heteroatoms. The zero-order chi connectivity index (χ0) is 18.3. The van der Waals surface area contributed by atoms with Crippen LogP contribution in [0.3, 0.4) is 0 Å². The van der Waals surface area contributed by atoms with Crippen molar-refractivity contribution in [3.8, 4) is 0 Å². The second-order valence-electron chi connectivity index (χ2n) is 5.60. The molecule has 0 saturated heterocycles. The fraction of sp³-hybridized carbons (Fsp3) is 0.200. The van der Waals surface area contributed by atoms with Gasteiger partial charge in [0.05, 0.1) is 0 Å². The molecule has 0 amide bonds. The second kappa shape index (κ2) is 11.8. The Morgan fingerprint density at radius 2 is 1.00 bits per heavy atom. The van der Waals surface area contributed by atoms with Crippen LogP contribution in [-0.2, 0) is 67.0 Å². The van der Waals surface area contributed by atoms with Crippen molar-refractivity contribution >= 4 is 60.3 Å². The van der Waals surface area contributed by atoms with Gasteiger partial charge in [-0.3, -0.25) is 0 Å². The van der Waals surface area contributed by atoms with Crippen LogP contribution in [0.25, 0.3) is 9.81 Å². The maximum atomic E-state index is 5.11. The first kappa shape index (κ1) is 24.3. The molecule has 0 aliphatic carbocycles. The van der Waals surface area contributed by atoms with Crippen LogP contribution in [0.1, 0.15) is 33.4 Å². The third-order valence-corrected chi connectivity index (χ3v) is 4.98. The molecule has 2 rings (SSSR count). The maximum absolute atomic E-state index is 5.11. The van der Waals surface area contributed by atoms with Gasteiger partial charge in [-0.2, -0.15) is 9.81 Å². The molecule has 25 heavy (non-hydrogen) atoms. The number of hydrogen-bond donors (Lipinski definition) is 0. The van der Waals surface area contributed by atoms with Crippen molar-refractivity contribution in [3.63, 3.8) is 0 Å². The Morgan fingerprint density at radius 1 is 0.680 bits per heavy atom. The summed E-state index contributed by atoms with van der Waals surface area (Å²) in [6.45, 7) is 8.18. The van der Waals surface area contributed by atoms with Gasteiger partial charge in [0, 0.05) is 16.5 Å². The van der Waals surface area contributed by atoms with E-state index >= 15 is 0 Å². The van der Waals surface area contributed by atoms with Crippen molar-refractivity contribution in [2.24, 2.45) is 0 Å². The van der Waals surface area contributed by atoms with Crippen molar-refractivity contribution in [2.75, 3.05) is 0 Å². The standard InChI is InChI=1S/2C10H12S2.Ni/c2*1-7-3-4-8(2)9(5-7)10(12)6-11;/h2*3-6,11-12H,1-2H3;/p-4/b2*10-6-;. The van der Waals surface area contributed by atoms with Crippen LogP contribution in [0, 0.1) is 27.7 Å². The molecule has 2 aromatic carbocycles. The van der Waals surface area contributed by atoms with Crippen LogP contribution in [0.15, 0.2) is 47.2 Å². The summed E-state index contributed by atoms with van der Waals surface area (Å²) in [6, 6.07) is 12.4. The SMILES string of the molecule is Cc1ccc(C)c(/C([S-])=C/[S-])c1.Cc1ccc(C)c(/C([S-])=C/[S-])c1.[Ni]. The minimum atomic E-state index is 0. The molecule has 0 atom stereocenters. The van der Waals surface area contributed by atoms with Crippen LogP contribution in [-0.4, -0.2) is 0 Å². The molecule has 0 unspecified atom stereocenters. The fourth-order valence-corrected chi connectivity index (χ4v) is 2.82. The first-order chi connectivity index (χ1) is 11.3. The molecule has 0 saturated carbocycles. The molecule has 0 fully saturated rings. The van der Waals surface area contributed by atoms with E-state index in [0.29, 0.717) is 0 Å². The molecular formula is C20H20NiS4-4. The van der Waals surface area contributed by atoms with E-state index in [1.807, 2.05) is 13.8 Å². The van der Waals surface area contributed by atoms with Crippen molar-refractivity contribution < 1.29 is 16.5 Å². The molecule has 0 aliphatic heterocycles. The molecule has 0 nitrogen and oxygen atoms in total. The molecular weight excluding hydrogens is 427 g/mol. The minimum absolute atomic E-state index is 0. The number of rotatable bonds is 2. The van der Waals surface area contributed by atoms with Crippen LogP contribution < -0.4 is 0 Å². The largest absolute Gasteiger partial charge is 0.789 e. The van der Waals surface area contributed by atoms with Gasteiger partial charge >= 0.3 is 0 Å². The third kappa shape index (κ3) is 7.59. The number of hydrogen-bond acceptors (Lipinski definition) is 4. The summed E-state index contributed by atoms with van der Waals surface area (Å²) >= 11 is 19.8. The van der Waals surface area contributed by atoms with E-state index < -0.39 is 0 Å². The van der Waals surface area contributed by atoms with Gasteiger partial charge < -0.3 is 50.5 Å². The zero-order valence-electron chi connectivity index (χ0n) is 14.6. The second-order valence-corrected chi connectivity index (χ2v) is 6.95. The van der Waals surface area contributed by atoms with Crippen LogP contribution in [0.2, 0.25) is 0 Å². The molecule has 0 heterocycles. The Morgan fingerprint density at radius 3 is 1.28 bits per heavy atom. The van der Waals surface area contributed by atoms with Gasteiger partial charge in [0.25, 0.3) is 0 Å². The molecule has 0 N–H and O–H groups in total. The third-order valence-electron chi connectivity index (χ3n) is 3.53. The van der Waals surface area contributed by atoms with Gasteiger partial charge in [-0.25, -0.2) is 10.8 Å². The normalized spacial score (nSPS) is 11.2. The first-order valence-electron chi connectivity index (χ1n) is 7.43. The molecule has 0 aromatic heterocycles. The average molecular weight is 447 g/mol. The van der Waals surface area contributed by atoms with E-state index in [2.05, 4.69) is 50.2 Å². The van der Waals surface area contributed by atoms with E-state index in [1.54, 1.807) is 10.8 Å². The Bertz CT molecular complexity index is 699. The predicted molar refractivity (Wildman–Crippen MR) is 117 cm³/mol. The smallest absolute Gasteiger partial charge is 0 e. The quantitative estimate of drug-likeness (QED) is 0.447. The predicted octanol–water partition coefficient (Wildman–Crippen LogP) is 5.39. The van der Waals surface area contributed by atoms with E-state index in [9.17, 15) is 0 Å². The van der Waals surface area contributed by atoms with Crippen LogP contribution >= 0.6 is 0 Å². The van der Waals surface area contributed by atoms with Gasteiger partial charge in [-0.1, -0.05) is 47.5 Å². The summed E-state index contributed by atoms with van der Waals surface area (Å²) in [4.78, 5) is 1.51. The summed E-state index contributed by atoms with van der Waals surface area (Å²) < 4.78 is 0. The monoisotopic (exact) mass is 446 g/mol. The summed E-state index contributed by atoms with van der Waals surface area (Å²) in [7, 11) is 0. The van der Waals surface area contributed by atoms with E-state index in [4.69, 9.17) is 50.5 Å². The van der Waals surface area contributed by atoms with Crippen molar-refractivity contribution in [1.82, 2.24) is 0 Å². The summed E-state index contributed by atoms with van der Waals surface area (Å²) in [5.74, 6) is 0. The summed E-state index contributed by atoms with van der Waals surface area (Å²) in [5.41, 5.74) is 6.98. The topological polar surface area (TPSA) is 0 Å². The van der Waals surface area contributed by atoms with Gasteiger partial charge in [0.15, 0.2) is 0 Å². The first-order valence-corrected chi connectivity index (χ1v) is 9.19. The molecule has 0 radical (unpaired) electrons. The summed E-state index contributed by atoms with van der Waals surface area (Å²) in [6.07, 6.45) is 0. The van der Waals surface area contributed by atoms with Crippen molar-refractivity contribution in [2.45, 2.75) is 27.7 Å². The van der Waals surface area contributed by atoms with Gasteiger partial charge in [-0.15, -0.1) is 0 Å². The maximum Gasteiger partial charge on any atom is 0 e. The Hall–Kier alpha value is -0.706. The van der Waals surface area contributed by atoms with Crippen LogP contribution in [0.5, 0.6) is 0 Å². The van der Waals surface area contributed by atoms with Crippen molar-refractivity contribution in [1.29, 1.82) is 0 Å². The molecule has 0 bridgehead atoms. The van der Waals surface area contributed by atoms with E-state index in [-0.39, 0.29) is 16.5 Å². The average Bonchev–Trinajstić information content (AvgIpc) is 2.58. The van der Waals surface area contributed by atoms with Crippen molar-refractivity contribution in [3.05, 3.63) is 80.6 Å². The molecule has 0 spiro atoms. The number of benzene rings is 2. The fourth-order valence-electron chi connectivity index (χ4n) is 2.13. The van der Waals surface area contributed by atoms with E-state index in [0.717, 1.165) is 20.9 Å². The molecule has 0 aliphatic rings.